The van der Waals surface area contributed by atoms with Gasteiger partial charge in [-0.05, 0) is 35.7 Å². The maximum absolute atomic E-state index is 6.12. The van der Waals surface area contributed by atoms with E-state index in [1.807, 2.05) is 35.0 Å². The fraction of sp³-hybridized carbons (Fsp3) is 0.0625. The molecule has 0 bridgehead atoms. The third kappa shape index (κ3) is 2.69. The van der Waals surface area contributed by atoms with Crippen molar-refractivity contribution in [2.45, 2.75) is 6.42 Å². The van der Waals surface area contributed by atoms with Gasteiger partial charge >= 0.3 is 0 Å². The summed E-state index contributed by atoms with van der Waals surface area (Å²) in [7, 11) is 0. The molecule has 3 heteroatoms. The summed E-state index contributed by atoms with van der Waals surface area (Å²) < 4.78 is 2.01. The van der Waals surface area contributed by atoms with Crippen molar-refractivity contribution in [1.29, 1.82) is 0 Å². The van der Waals surface area contributed by atoms with Crippen molar-refractivity contribution >= 4 is 11.6 Å². The van der Waals surface area contributed by atoms with Crippen LogP contribution in [0.5, 0.6) is 0 Å². The quantitative estimate of drug-likeness (QED) is 0.699. The van der Waals surface area contributed by atoms with Crippen LogP contribution in [0.1, 0.15) is 11.1 Å². The summed E-state index contributed by atoms with van der Waals surface area (Å²) in [5.41, 5.74) is 3.58. The third-order valence-electron chi connectivity index (χ3n) is 3.06. The Bertz CT molecular complexity index is 660. The van der Waals surface area contributed by atoms with E-state index in [2.05, 4.69) is 29.2 Å². The fourth-order valence-corrected chi connectivity index (χ4v) is 2.36. The van der Waals surface area contributed by atoms with Crippen molar-refractivity contribution < 1.29 is 0 Å². The molecule has 94 valence electrons. The van der Waals surface area contributed by atoms with Crippen LogP contribution in [0.2, 0.25) is 5.02 Å². The molecular formula is C16H13ClN2. The van der Waals surface area contributed by atoms with Crippen LogP contribution in [-0.2, 0) is 6.42 Å². The monoisotopic (exact) mass is 268 g/mol. The van der Waals surface area contributed by atoms with Gasteiger partial charge in [-0.3, -0.25) is 0 Å². The maximum Gasteiger partial charge on any atom is 0.0991 e. The first-order chi connectivity index (χ1) is 9.33. The van der Waals surface area contributed by atoms with E-state index in [4.69, 9.17) is 11.6 Å². The van der Waals surface area contributed by atoms with E-state index in [9.17, 15) is 0 Å². The van der Waals surface area contributed by atoms with Crippen molar-refractivity contribution in [1.82, 2.24) is 9.55 Å². The Morgan fingerprint density at radius 2 is 1.89 bits per heavy atom. The average Bonchev–Trinajstić information content (AvgIpc) is 2.94. The largest absolute Gasteiger partial charge is 0.306 e. The van der Waals surface area contributed by atoms with E-state index in [0.29, 0.717) is 0 Å². The van der Waals surface area contributed by atoms with Gasteiger partial charge in [0.1, 0.15) is 0 Å². The number of benzene rings is 2. The highest BCUT2D eigenvalue weighted by atomic mass is 35.5. The highest BCUT2D eigenvalue weighted by Crippen LogP contribution is 2.22. The van der Waals surface area contributed by atoms with Crippen LogP contribution in [0.4, 0.5) is 0 Å². The molecule has 3 aromatic rings. The lowest BCUT2D eigenvalue weighted by atomic mass is 10.0. The normalized spacial score (nSPS) is 10.6. The zero-order chi connectivity index (χ0) is 13.1. The van der Waals surface area contributed by atoms with Crippen LogP contribution < -0.4 is 0 Å². The first kappa shape index (κ1) is 12.0. The molecule has 1 aromatic heterocycles. The molecule has 0 aliphatic rings. The van der Waals surface area contributed by atoms with E-state index < -0.39 is 0 Å². The summed E-state index contributed by atoms with van der Waals surface area (Å²) in [6, 6.07) is 16.3. The molecule has 0 aliphatic carbocycles. The zero-order valence-corrected chi connectivity index (χ0v) is 11.1. The summed E-state index contributed by atoms with van der Waals surface area (Å²) in [6.07, 6.45) is 6.38. The second-order valence-corrected chi connectivity index (χ2v) is 4.84. The second-order valence-electron chi connectivity index (χ2n) is 4.41. The molecule has 2 nitrogen and oxygen atoms in total. The fourth-order valence-electron chi connectivity index (χ4n) is 2.16. The summed E-state index contributed by atoms with van der Waals surface area (Å²) >= 11 is 6.12. The van der Waals surface area contributed by atoms with Gasteiger partial charge in [-0.15, -0.1) is 0 Å². The maximum atomic E-state index is 6.12. The molecule has 0 spiro atoms. The molecule has 19 heavy (non-hydrogen) atoms. The number of halogens is 1. The first-order valence-corrected chi connectivity index (χ1v) is 6.51. The van der Waals surface area contributed by atoms with Gasteiger partial charge in [0, 0.05) is 17.4 Å². The van der Waals surface area contributed by atoms with Gasteiger partial charge in [-0.25, -0.2) is 4.98 Å². The SMILES string of the molecule is Clc1ccc(-n2ccnc2)c(Cc2ccccc2)c1. The van der Waals surface area contributed by atoms with Crippen LogP contribution in [0.15, 0.2) is 67.3 Å². The predicted molar refractivity (Wildman–Crippen MR) is 77.8 cm³/mol. The minimum Gasteiger partial charge on any atom is -0.306 e. The van der Waals surface area contributed by atoms with Gasteiger partial charge in [-0.1, -0.05) is 41.9 Å². The molecule has 1 heterocycles. The summed E-state index contributed by atoms with van der Waals surface area (Å²) in [5, 5.41) is 0.759. The zero-order valence-electron chi connectivity index (χ0n) is 10.3. The molecule has 0 saturated heterocycles. The Balaban J connectivity index is 2.02. The smallest absolute Gasteiger partial charge is 0.0991 e. The average molecular weight is 269 g/mol. The molecule has 2 aromatic carbocycles. The number of hydrogen-bond acceptors (Lipinski definition) is 1. The van der Waals surface area contributed by atoms with E-state index >= 15 is 0 Å². The van der Waals surface area contributed by atoms with E-state index in [0.717, 1.165) is 17.1 Å². The lowest BCUT2D eigenvalue weighted by Crippen LogP contribution is -1.98. The number of aromatic nitrogens is 2. The molecule has 0 atom stereocenters. The molecule has 0 aliphatic heterocycles. The van der Waals surface area contributed by atoms with Gasteiger partial charge in [0.15, 0.2) is 0 Å². The highest BCUT2D eigenvalue weighted by Gasteiger charge is 2.06. The molecule has 0 saturated carbocycles. The molecule has 0 unspecified atom stereocenters. The Labute approximate surface area is 117 Å². The Kier molecular flexibility index (Phi) is 3.34. The van der Waals surface area contributed by atoms with Crippen LogP contribution in [0.25, 0.3) is 5.69 Å². The van der Waals surface area contributed by atoms with Crippen LogP contribution in [-0.4, -0.2) is 9.55 Å². The first-order valence-electron chi connectivity index (χ1n) is 6.13. The van der Waals surface area contributed by atoms with Gasteiger partial charge in [0.2, 0.25) is 0 Å². The van der Waals surface area contributed by atoms with Crippen LogP contribution in [0, 0.1) is 0 Å². The van der Waals surface area contributed by atoms with Crippen molar-refractivity contribution in [2.75, 3.05) is 0 Å². The van der Waals surface area contributed by atoms with Crippen molar-refractivity contribution in [3.63, 3.8) is 0 Å². The van der Waals surface area contributed by atoms with E-state index in [-0.39, 0.29) is 0 Å². The van der Waals surface area contributed by atoms with E-state index in [1.54, 1.807) is 12.5 Å². The standard InChI is InChI=1S/C16H13ClN2/c17-15-6-7-16(19-9-8-18-12-19)14(11-15)10-13-4-2-1-3-5-13/h1-9,11-12H,10H2. The van der Waals surface area contributed by atoms with Gasteiger partial charge in [0.25, 0.3) is 0 Å². The molecule has 3 rings (SSSR count). The minimum absolute atomic E-state index is 0.759. The summed E-state index contributed by atoms with van der Waals surface area (Å²) in [5.74, 6) is 0. The lowest BCUT2D eigenvalue weighted by molar-refractivity contribution is 1.02. The predicted octanol–water partition coefficient (Wildman–Crippen LogP) is 4.12. The van der Waals surface area contributed by atoms with Crippen LogP contribution in [0.3, 0.4) is 0 Å². The Morgan fingerprint density at radius 3 is 2.63 bits per heavy atom. The number of nitrogens with zero attached hydrogens (tertiary/aromatic N) is 2. The number of imidazole rings is 1. The van der Waals surface area contributed by atoms with Gasteiger partial charge in [0.05, 0.1) is 12.0 Å². The molecular weight excluding hydrogens is 256 g/mol. The van der Waals surface area contributed by atoms with Gasteiger partial charge in [-0.2, -0.15) is 0 Å². The van der Waals surface area contributed by atoms with Gasteiger partial charge < -0.3 is 4.57 Å². The van der Waals surface area contributed by atoms with Crippen molar-refractivity contribution in [3.8, 4) is 5.69 Å². The third-order valence-corrected chi connectivity index (χ3v) is 3.30. The number of hydrogen-bond donors (Lipinski definition) is 0. The summed E-state index contributed by atoms with van der Waals surface area (Å²) in [4.78, 5) is 4.10. The lowest BCUT2D eigenvalue weighted by Gasteiger charge is -2.11. The Hall–Kier alpha value is -2.06. The molecule has 0 fully saturated rings. The number of rotatable bonds is 3. The van der Waals surface area contributed by atoms with E-state index in [1.165, 1.54) is 11.1 Å². The minimum atomic E-state index is 0.759. The second kappa shape index (κ2) is 5.29. The van der Waals surface area contributed by atoms with Crippen LogP contribution >= 0.6 is 11.6 Å². The topological polar surface area (TPSA) is 17.8 Å². The van der Waals surface area contributed by atoms with Crippen molar-refractivity contribution in [2.24, 2.45) is 0 Å². The summed E-state index contributed by atoms with van der Waals surface area (Å²) in [6.45, 7) is 0. The van der Waals surface area contributed by atoms with Crippen molar-refractivity contribution in [3.05, 3.63) is 83.4 Å². The molecule has 0 radical (unpaired) electrons. The highest BCUT2D eigenvalue weighted by molar-refractivity contribution is 6.30. The molecule has 0 N–H and O–H groups in total. The molecule has 0 amide bonds. The Morgan fingerprint density at radius 1 is 1.05 bits per heavy atom.